The molecule has 2 aromatic rings. The van der Waals surface area contributed by atoms with Crippen LogP contribution in [0.1, 0.15) is 5.56 Å². The Labute approximate surface area is 117 Å². The van der Waals surface area contributed by atoms with E-state index in [1.165, 1.54) is 30.3 Å². The van der Waals surface area contributed by atoms with Gasteiger partial charge in [-0.3, -0.25) is 20.2 Å². The standard InChI is InChI=1S/C13H9FN2O5/c1-8-5-6-10(15(17)18)12(7-8)21-11-4-2-3-9(14)13(11)16(19)20/h2-7H,1H3. The predicted octanol–water partition coefficient (Wildman–Crippen LogP) is 3.74. The molecule has 21 heavy (non-hydrogen) atoms. The third-order valence-corrected chi connectivity index (χ3v) is 2.66. The molecule has 0 aliphatic carbocycles. The van der Waals surface area contributed by atoms with Crippen LogP contribution in [0.3, 0.4) is 0 Å². The van der Waals surface area contributed by atoms with Gasteiger partial charge in [0.15, 0.2) is 0 Å². The van der Waals surface area contributed by atoms with Gasteiger partial charge in [0.1, 0.15) is 0 Å². The lowest BCUT2D eigenvalue weighted by molar-refractivity contribution is -0.389. The number of benzene rings is 2. The molecular formula is C13H9FN2O5. The van der Waals surface area contributed by atoms with Crippen molar-refractivity contribution in [2.45, 2.75) is 6.92 Å². The number of rotatable bonds is 4. The van der Waals surface area contributed by atoms with Crippen LogP contribution in [0.2, 0.25) is 0 Å². The van der Waals surface area contributed by atoms with Crippen LogP contribution in [-0.2, 0) is 0 Å². The summed E-state index contributed by atoms with van der Waals surface area (Å²) in [6, 6.07) is 7.38. The lowest BCUT2D eigenvalue weighted by Crippen LogP contribution is -1.99. The van der Waals surface area contributed by atoms with Crippen LogP contribution in [-0.4, -0.2) is 9.85 Å². The van der Waals surface area contributed by atoms with E-state index in [1.54, 1.807) is 6.92 Å². The molecule has 0 N–H and O–H groups in total. The van der Waals surface area contributed by atoms with Crippen molar-refractivity contribution in [3.63, 3.8) is 0 Å². The van der Waals surface area contributed by atoms with Gasteiger partial charge < -0.3 is 4.74 Å². The van der Waals surface area contributed by atoms with Gasteiger partial charge in [-0.1, -0.05) is 12.1 Å². The first kappa shape index (κ1) is 14.4. The summed E-state index contributed by atoms with van der Waals surface area (Å²) in [6.45, 7) is 1.68. The lowest BCUT2D eigenvalue weighted by Gasteiger charge is -2.07. The molecule has 2 aromatic carbocycles. The smallest absolute Gasteiger partial charge is 0.346 e. The number of ether oxygens (including phenoxy) is 1. The van der Waals surface area contributed by atoms with E-state index >= 15 is 0 Å². The molecular weight excluding hydrogens is 283 g/mol. The maximum absolute atomic E-state index is 13.5. The third kappa shape index (κ3) is 2.94. The summed E-state index contributed by atoms with van der Waals surface area (Å²) in [6.07, 6.45) is 0. The van der Waals surface area contributed by atoms with Crippen molar-refractivity contribution in [3.8, 4) is 11.5 Å². The van der Waals surface area contributed by atoms with Gasteiger partial charge in [-0.15, -0.1) is 0 Å². The second kappa shape index (κ2) is 5.53. The zero-order valence-electron chi connectivity index (χ0n) is 10.8. The summed E-state index contributed by atoms with van der Waals surface area (Å²) in [4.78, 5) is 20.2. The van der Waals surface area contributed by atoms with Gasteiger partial charge in [0.2, 0.25) is 17.3 Å². The number of hydrogen-bond donors (Lipinski definition) is 0. The monoisotopic (exact) mass is 292 g/mol. The molecule has 0 bridgehead atoms. The van der Waals surface area contributed by atoms with E-state index < -0.39 is 27.1 Å². The number of halogens is 1. The minimum absolute atomic E-state index is 0.186. The minimum Gasteiger partial charge on any atom is -0.443 e. The van der Waals surface area contributed by atoms with Crippen LogP contribution in [0.5, 0.6) is 11.5 Å². The SMILES string of the molecule is Cc1ccc([N+](=O)[O-])c(Oc2cccc(F)c2[N+](=O)[O-])c1. The first-order valence-electron chi connectivity index (χ1n) is 5.76. The molecule has 0 atom stereocenters. The van der Waals surface area contributed by atoms with Crippen molar-refractivity contribution in [1.29, 1.82) is 0 Å². The third-order valence-electron chi connectivity index (χ3n) is 2.66. The fourth-order valence-electron chi connectivity index (χ4n) is 1.73. The van der Waals surface area contributed by atoms with Crippen LogP contribution < -0.4 is 4.74 Å². The molecule has 0 heterocycles. The Morgan fingerprint density at radius 1 is 1.05 bits per heavy atom. The Hall–Kier alpha value is -3.03. The highest BCUT2D eigenvalue weighted by molar-refractivity contribution is 5.54. The molecule has 0 aliphatic rings. The lowest BCUT2D eigenvalue weighted by atomic mass is 10.2. The molecule has 0 radical (unpaired) electrons. The Bertz CT molecular complexity index is 732. The number of aryl methyl sites for hydroxylation is 1. The van der Waals surface area contributed by atoms with E-state index in [2.05, 4.69) is 0 Å². The minimum atomic E-state index is -1.08. The van der Waals surface area contributed by atoms with Crippen molar-refractivity contribution < 1.29 is 19.0 Å². The molecule has 0 unspecified atom stereocenters. The maximum Gasteiger partial charge on any atom is 0.346 e. The summed E-state index contributed by atoms with van der Waals surface area (Å²) in [5, 5.41) is 21.8. The molecule has 0 saturated heterocycles. The molecule has 0 aliphatic heterocycles. The zero-order chi connectivity index (χ0) is 15.6. The highest BCUT2D eigenvalue weighted by atomic mass is 19.1. The van der Waals surface area contributed by atoms with Crippen molar-refractivity contribution in [1.82, 2.24) is 0 Å². The first-order valence-corrected chi connectivity index (χ1v) is 5.76. The highest BCUT2D eigenvalue weighted by Gasteiger charge is 2.24. The van der Waals surface area contributed by atoms with E-state index in [0.29, 0.717) is 5.56 Å². The fraction of sp³-hybridized carbons (Fsp3) is 0.0769. The van der Waals surface area contributed by atoms with Gasteiger partial charge >= 0.3 is 11.4 Å². The molecule has 8 heteroatoms. The second-order valence-corrected chi connectivity index (χ2v) is 4.17. The van der Waals surface area contributed by atoms with Crippen molar-refractivity contribution in [3.05, 3.63) is 68.0 Å². The van der Waals surface area contributed by atoms with E-state index in [4.69, 9.17) is 4.74 Å². The van der Waals surface area contributed by atoms with E-state index in [0.717, 1.165) is 6.07 Å². The van der Waals surface area contributed by atoms with E-state index in [9.17, 15) is 24.6 Å². The maximum atomic E-state index is 13.5. The average molecular weight is 292 g/mol. The summed E-state index contributed by atoms with van der Waals surface area (Å²) >= 11 is 0. The zero-order valence-corrected chi connectivity index (χ0v) is 10.8. The molecule has 0 saturated carbocycles. The van der Waals surface area contributed by atoms with E-state index in [-0.39, 0.29) is 11.4 Å². The molecule has 2 rings (SSSR count). The topological polar surface area (TPSA) is 95.5 Å². The summed E-state index contributed by atoms with van der Waals surface area (Å²) in [7, 11) is 0. The largest absolute Gasteiger partial charge is 0.443 e. The number of nitro benzene ring substituents is 2. The van der Waals surface area contributed by atoms with Crippen LogP contribution in [0.4, 0.5) is 15.8 Å². The molecule has 108 valence electrons. The average Bonchev–Trinajstić information content (AvgIpc) is 2.37. The molecule has 0 fully saturated rings. The Kier molecular flexibility index (Phi) is 3.79. The first-order chi connectivity index (χ1) is 9.90. The number of nitrogens with zero attached hydrogens (tertiary/aromatic N) is 2. The van der Waals surface area contributed by atoms with Crippen LogP contribution >= 0.6 is 0 Å². The quantitative estimate of drug-likeness (QED) is 0.631. The summed E-state index contributed by atoms with van der Waals surface area (Å²) < 4.78 is 18.7. The van der Waals surface area contributed by atoms with Gasteiger partial charge in [-0.05, 0) is 30.7 Å². The predicted molar refractivity (Wildman–Crippen MR) is 71.0 cm³/mol. The van der Waals surface area contributed by atoms with Crippen LogP contribution in [0.25, 0.3) is 0 Å². The van der Waals surface area contributed by atoms with Gasteiger partial charge in [0.25, 0.3) is 0 Å². The van der Waals surface area contributed by atoms with E-state index in [1.807, 2.05) is 0 Å². The van der Waals surface area contributed by atoms with Gasteiger partial charge in [0.05, 0.1) is 9.85 Å². The highest BCUT2D eigenvalue weighted by Crippen LogP contribution is 2.37. The van der Waals surface area contributed by atoms with Gasteiger partial charge in [0, 0.05) is 6.07 Å². The second-order valence-electron chi connectivity index (χ2n) is 4.17. The molecule has 7 nitrogen and oxygen atoms in total. The van der Waals surface area contributed by atoms with Crippen molar-refractivity contribution >= 4 is 11.4 Å². The number of hydrogen-bond acceptors (Lipinski definition) is 5. The van der Waals surface area contributed by atoms with Crippen LogP contribution in [0.15, 0.2) is 36.4 Å². The fourth-order valence-corrected chi connectivity index (χ4v) is 1.73. The molecule has 0 amide bonds. The Balaban J connectivity index is 2.53. The van der Waals surface area contributed by atoms with Crippen LogP contribution in [0, 0.1) is 33.0 Å². The number of para-hydroxylation sites is 1. The Morgan fingerprint density at radius 2 is 1.76 bits per heavy atom. The van der Waals surface area contributed by atoms with Gasteiger partial charge in [-0.2, -0.15) is 4.39 Å². The van der Waals surface area contributed by atoms with Crippen molar-refractivity contribution in [2.24, 2.45) is 0 Å². The molecule has 0 aromatic heterocycles. The molecule has 0 spiro atoms. The Morgan fingerprint density at radius 3 is 2.38 bits per heavy atom. The number of nitro groups is 2. The summed E-state index contributed by atoms with van der Waals surface area (Å²) in [5.41, 5.74) is -0.567. The summed E-state index contributed by atoms with van der Waals surface area (Å²) in [5.74, 6) is -1.66. The normalized spacial score (nSPS) is 10.2. The van der Waals surface area contributed by atoms with Gasteiger partial charge in [-0.25, -0.2) is 0 Å². The van der Waals surface area contributed by atoms with Crippen molar-refractivity contribution in [2.75, 3.05) is 0 Å².